The Kier molecular flexibility index (Phi) is 1.19. The standard InChI is InChI=1S/CH7N3/c1-4(2)3/h2-3H2,1H3/q+1. The van der Waals surface area contributed by atoms with Crippen LogP contribution in [0.3, 0.4) is 0 Å². The highest BCUT2D eigenvalue weighted by molar-refractivity contribution is 4.04. The van der Waals surface area contributed by atoms with Gasteiger partial charge in [-0.25, -0.2) is 0 Å². The van der Waals surface area contributed by atoms with Crippen molar-refractivity contribution in [2.45, 2.75) is 0 Å². The molecule has 0 unspecified atom stereocenters. The minimum atomic E-state index is 1.00. The van der Waals surface area contributed by atoms with E-state index in [1.807, 2.05) is 0 Å². The SMILES string of the molecule is C[N+](N)N. The molecule has 0 saturated heterocycles. The zero-order valence-electron chi connectivity index (χ0n) is 2.60. The molecule has 1 radical (unpaired) electrons. The quantitative estimate of drug-likeness (QED) is 0.203. The summed E-state index contributed by atoms with van der Waals surface area (Å²) in [6, 6.07) is 0. The topological polar surface area (TPSA) is 57.9 Å². The molecule has 0 aromatic carbocycles. The van der Waals surface area contributed by atoms with Crippen molar-refractivity contribution in [1.29, 1.82) is 0 Å². The summed E-state index contributed by atoms with van der Waals surface area (Å²) in [6.07, 6.45) is 0. The molecular formula is CH7N3+. The first-order valence-corrected chi connectivity index (χ1v) is 0.964. The first kappa shape index (κ1) is 3.88. The molecule has 0 fully saturated rings. The van der Waals surface area contributed by atoms with Crippen LogP contribution >= 0.6 is 0 Å². The summed E-state index contributed by atoms with van der Waals surface area (Å²) < 4.78 is 0. The first-order valence-electron chi connectivity index (χ1n) is 0.964. The van der Waals surface area contributed by atoms with Crippen LogP contribution in [0.4, 0.5) is 0 Å². The molecule has 0 heterocycles. The number of hydrogen-bond donors (Lipinski definition) is 2. The van der Waals surface area contributed by atoms with E-state index in [4.69, 9.17) is 11.7 Å². The van der Waals surface area contributed by atoms with E-state index >= 15 is 0 Å². The molecule has 0 bridgehead atoms. The second-order valence-electron chi connectivity index (χ2n) is 0.665. The zero-order valence-corrected chi connectivity index (χ0v) is 2.60. The van der Waals surface area contributed by atoms with Crippen LogP contribution in [0, 0.1) is 0 Å². The average molecular weight is 61.1 g/mol. The van der Waals surface area contributed by atoms with Crippen LogP contribution in [0.25, 0.3) is 0 Å². The van der Waals surface area contributed by atoms with E-state index in [1.54, 1.807) is 7.05 Å². The lowest BCUT2D eigenvalue weighted by atomic mass is 11.4. The zero-order chi connectivity index (χ0) is 3.58. The summed E-state index contributed by atoms with van der Waals surface area (Å²) in [4.78, 5) is 0. The smallest absolute Gasteiger partial charge is 0.109 e. The van der Waals surface area contributed by atoms with E-state index in [0.29, 0.717) is 0 Å². The molecule has 0 aliphatic carbocycles. The molecule has 4 heavy (non-hydrogen) atoms. The molecular weight excluding hydrogens is 54.0 g/mol. The molecule has 0 aromatic heterocycles. The molecule has 3 heteroatoms. The lowest BCUT2D eigenvalue weighted by molar-refractivity contribution is 0.531. The Morgan fingerprint density at radius 1 is 1.50 bits per heavy atom. The van der Waals surface area contributed by atoms with Crippen LogP contribution in [0.1, 0.15) is 0 Å². The summed E-state index contributed by atoms with van der Waals surface area (Å²) in [6.45, 7) is 0. The van der Waals surface area contributed by atoms with Gasteiger partial charge in [0.05, 0.1) is 0 Å². The monoisotopic (exact) mass is 61.1 g/mol. The van der Waals surface area contributed by atoms with Crippen molar-refractivity contribution in [3.05, 3.63) is 0 Å². The third-order valence-electron chi connectivity index (χ3n) is 0. The van der Waals surface area contributed by atoms with Gasteiger partial charge in [0.25, 0.3) is 0 Å². The van der Waals surface area contributed by atoms with E-state index in [9.17, 15) is 0 Å². The molecule has 0 aromatic rings. The van der Waals surface area contributed by atoms with Crippen LogP contribution in [-0.2, 0) is 0 Å². The van der Waals surface area contributed by atoms with Gasteiger partial charge in [0.2, 0.25) is 0 Å². The molecule has 4 N–H and O–H groups in total. The third kappa shape index (κ3) is 101. The van der Waals surface area contributed by atoms with E-state index in [1.165, 1.54) is 0 Å². The van der Waals surface area contributed by atoms with Crippen LogP contribution in [0.2, 0.25) is 0 Å². The van der Waals surface area contributed by atoms with Gasteiger partial charge < -0.3 is 0 Å². The lowest BCUT2D eigenvalue weighted by Gasteiger charge is -1.75. The Morgan fingerprint density at radius 3 is 1.50 bits per heavy atom. The van der Waals surface area contributed by atoms with Crippen molar-refractivity contribution in [2.24, 2.45) is 11.7 Å². The minimum Gasteiger partial charge on any atom is -0.109 e. The van der Waals surface area contributed by atoms with Gasteiger partial charge in [-0.3, -0.25) is 0 Å². The van der Waals surface area contributed by atoms with Gasteiger partial charge in [-0.15, -0.1) is 11.7 Å². The maximum atomic E-state index is 4.72. The van der Waals surface area contributed by atoms with Crippen LogP contribution < -0.4 is 16.8 Å². The van der Waals surface area contributed by atoms with Gasteiger partial charge in [0, 0.05) is 0 Å². The van der Waals surface area contributed by atoms with E-state index in [2.05, 4.69) is 0 Å². The fourth-order valence-electron chi connectivity index (χ4n) is 0. The summed E-state index contributed by atoms with van der Waals surface area (Å²) in [5.41, 5.74) is 0. The Morgan fingerprint density at radius 2 is 1.50 bits per heavy atom. The average Bonchev–Trinajstić information content (AvgIpc) is 0.811. The Bertz CT molecular complexity index is 8.00. The highest BCUT2D eigenvalue weighted by atomic mass is 15.6. The van der Waals surface area contributed by atoms with Gasteiger partial charge >= 0.3 is 0 Å². The third-order valence-corrected chi connectivity index (χ3v) is 0. The first-order chi connectivity index (χ1) is 1.73. The maximum absolute atomic E-state index is 4.72. The summed E-state index contributed by atoms with van der Waals surface area (Å²) in [5.74, 6) is 9.44. The molecule has 0 aliphatic heterocycles. The highest BCUT2D eigenvalue weighted by Crippen LogP contribution is 1.17. The molecule has 0 amide bonds. The van der Waals surface area contributed by atoms with Gasteiger partial charge in [0.15, 0.2) is 7.05 Å². The Hall–Kier alpha value is -0.120. The van der Waals surface area contributed by atoms with E-state index < -0.39 is 0 Å². The fraction of sp³-hybridized carbons (Fsp3) is 1.00. The van der Waals surface area contributed by atoms with E-state index in [0.717, 1.165) is 5.12 Å². The number of nitrogens with zero attached hydrogens (tertiary/aromatic N) is 1. The highest BCUT2D eigenvalue weighted by Gasteiger charge is 1.73. The summed E-state index contributed by atoms with van der Waals surface area (Å²) in [5, 5.41) is 1.00. The van der Waals surface area contributed by atoms with Crippen molar-refractivity contribution in [3.8, 4) is 0 Å². The van der Waals surface area contributed by atoms with Crippen molar-refractivity contribution >= 4 is 0 Å². The summed E-state index contributed by atoms with van der Waals surface area (Å²) in [7, 11) is 1.56. The number of nitrogens with two attached hydrogens (primary N) is 2. The molecule has 0 atom stereocenters. The van der Waals surface area contributed by atoms with Crippen molar-refractivity contribution < 1.29 is 0 Å². The summed E-state index contributed by atoms with van der Waals surface area (Å²) >= 11 is 0. The second kappa shape index (κ2) is 1.23. The molecule has 0 aliphatic rings. The molecule has 0 spiro atoms. The number of hydrogen-bond acceptors (Lipinski definition) is 3. The predicted molar refractivity (Wildman–Crippen MR) is 16.4 cm³/mol. The van der Waals surface area contributed by atoms with Gasteiger partial charge in [-0.1, -0.05) is 0 Å². The molecule has 0 rings (SSSR count). The van der Waals surface area contributed by atoms with Crippen LogP contribution in [0.15, 0.2) is 0 Å². The van der Waals surface area contributed by atoms with Crippen LogP contribution in [0.5, 0.6) is 0 Å². The normalized spacial score (nSPS) is 9.00. The lowest BCUT2D eigenvalue weighted by Crippen LogP contribution is -2.39. The minimum absolute atomic E-state index is 1.00. The second-order valence-corrected chi connectivity index (χ2v) is 0.665. The van der Waals surface area contributed by atoms with Gasteiger partial charge in [-0.2, -0.15) is 0 Å². The largest absolute Gasteiger partial charge is 0.157 e. The van der Waals surface area contributed by atoms with Gasteiger partial charge in [-0.05, 0) is 5.12 Å². The van der Waals surface area contributed by atoms with Crippen molar-refractivity contribution in [1.82, 2.24) is 5.12 Å². The van der Waals surface area contributed by atoms with Crippen LogP contribution in [-0.4, -0.2) is 7.05 Å². The Balaban J connectivity index is 2.32. The predicted octanol–water partition coefficient (Wildman–Crippen LogP) is -1.50. The molecule has 3 nitrogen and oxygen atoms in total. The van der Waals surface area contributed by atoms with Gasteiger partial charge in [0.1, 0.15) is 0 Å². The van der Waals surface area contributed by atoms with E-state index in [-0.39, 0.29) is 0 Å². The maximum Gasteiger partial charge on any atom is 0.157 e. The molecule has 0 saturated carbocycles. The van der Waals surface area contributed by atoms with Crippen molar-refractivity contribution in [2.75, 3.05) is 7.05 Å². The number of hydrazine groups is 2. The fourth-order valence-corrected chi connectivity index (χ4v) is 0. The van der Waals surface area contributed by atoms with Crippen molar-refractivity contribution in [3.63, 3.8) is 0 Å². The Labute approximate surface area is 25.1 Å². The number of rotatable bonds is 0. The molecule has 25 valence electrons.